The van der Waals surface area contributed by atoms with Gasteiger partial charge in [0.15, 0.2) is 0 Å². The van der Waals surface area contributed by atoms with Crippen molar-refractivity contribution in [2.24, 2.45) is 5.41 Å². The zero-order valence-electron chi connectivity index (χ0n) is 13.6. The van der Waals surface area contributed by atoms with E-state index >= 15 is 0 Å². The standard InChI is InChI=1S/C18H30N2O/c1-3-18(4-2)9-12-20(13-10-18)11-6-14-21-17-8-5-7-16(19)15-17/h5,7-8,15H,3-4,6,9-14,19H2,1-2H3. The number of nitrogen functional groups attached to an aromatic ring is 1. The lowest BCUT2D eigenvalue weighted by molar-refractivity contribution is 0.0915. The highest BCUT2D eigenvalue weighted by molar-refractivity contribution is 5.43. The van der Waals surface area contributed by atoms with Crippen molar-refractivity contribution in [3.8, 4) is 5.75 Å². The quantitative estimate of drug-likeness (QED) is 0.610. The fourth-order valence-corrected chi connectivity index (χ4v) is 3.29. The topological polar surface area (TPSA) is 38.5 Å². The highest BCUT2D eigenvalue weighted by Gasteiger charge is 2.30. The molecule has 21 heavy (non-hydrogen) atoms. The maximum absolute atomic E-state index is 5.75. The molecule has 2 rings (SSSR count). The number of ether oxygens (including phenoxy) is 1. The van der Waals surface area contributed by atoms with Gasteiger partial charge in [-0.1, -0.05) is 32.8 Å². The maximum atomic E-state index is 5.75. The molecule has 0 saturated carbocycles. The Labute approximate surface area is 129 Å². The predicted molar refractivity (Wildman–Crippen MR) is 89.7 cm³/mol. The van der Waals surface area contributed by atoms with Crippen LogP contribution in [-0.2, 0) is 0 Å². The van der Waals surface area contributed by atoms with Crippen molar-refractivity contribution in [3.05, 3.63) is 24.3 Å². The number of likely N-dealkylation sites (tertiary alicyclic amines) is 1. The van der Waals surface area contributed by atoms with Gasteiger partial charge in [-0.15, -0.1) is 0 Å². The Hall–Kier alpha value is -1.22. The Morgan fingerprint density at radius 3 is 2.52 bits per heavy atom. The van der Waals surface area contributed by atoms with Crippen LogP contribution in [0.2, 0.25) is 0 Å². The van der Waals surface area contributed by atoms with Gasteiger partial charge in [-0.25, -0.2) is 0 Å². The molecule has 118 valence electrons. The van der Waals surface area contributed by atoms with E-state index in [-0.39, 0.29) is 0 Å². The first-order valence-electron chi connectivity index (χ1n) is 8.38. The summed E-state index contributed by atoms with van der Waals surface area (Å²) in [6.45, 7) is 9.11. The number of nitrogens with zero attached hydrogens (tertiary/aromatic N) is 1. The fourth-order valence-electron chi connectivity index (χ4n) is 3.29. The van der Waals surface area contributed by atoms with Crippen LogP contribution in [0.15, 0.2) is 24.3 Å². The van der Waals surface area contributed by atoms with Gasteiger partial charge in [0, 0.05) is 18.3 Å². The first-order valence-corrected chi connectivity index (χ1v) is 8.38. The Kier molecular flexibility index (Phi) is 5.92. The van der Waals surface area contributed by atoms with Gasteiger partial charge in [0.1, 0.15) is 5.75 Å². The van der Waals surface area contributed by atoms with E-state index in [1.807, 2.05) is 24.3 Å². The van der Waals surface area contributed by atoms with Gasteiger partial charge in [0.05, 0.1) is 6.61 Å². The average molecular weight is 290 g/mol. The number of benzene rings is 1. The summed E-state index contributed by atoms with van der Waals surface area (Å²) in [7, 11) is 0. The third-order valence-corrected chi connectivity index (χ3v) is 5.16. The molecule has 0 bridgehead atoms. The van der Waals surface area contributed by atoms with E-state index in [4.69, 9.17) is 10.5 Å². The molecule has 0 unspecified atom stereocenters. The van der Waals surface area contributed by atoms with Crippen LogP contribution in [-0.4, -0.2) is 31.1 Å². The minimum atomic E-state index is 0.620. The number of nitrogens with two attached hydrogens (primary N) is 1. The van der Waals surface area contributed by atoms with Crippen LogP contribution in [0, 0.1) is 5.41 Å². The highest BCUT2D eigenvalue weighted by Crippen LogP contribution is 2.37. The molecular weight excluding hydrogens is 260 g/mol. The molecule has 1 aromatic rings. The first-order chi connectivity index (χ1) is 10.2. The van der Waals surface area contributed by atoms with Crippen LogP contribution in [0.1, 0.15) is 46.0 Å². The van der Waals surface area contributed by atoms with Crippen LogP contribution in [0.5, 0.6) is 5.75 Å². The number of hydrogen-bond donors (Lipinski definition) is 1. The van der Waals surface area contributed by atoms with E-state index in [1.54, 1.807) is 0 Å². The molecule has 1 saturated heterocycles. The van der Waals surface area contributed by atoms with Crippen molar-refractivity contribution in [1.82, 2.24) is 4.90 Å². The molecule has 1 fully saturated rings. The minimum Gasteiger partial charge on any atom is -0.493 e. The van der Waals surface area contributed by atoms with Gasteiger partial charge in [0.25, 0.3) is 0 Å². The third-order valence-electron chi connectivity index (χ3n) is 5.16. The van der Waals surface area contributed by atoms with E-state index in [0.29, 0.717) is 5.41 Å². The number of piperidine rings is 1. The fraction of sp³-hybridized carbons (Fsp3) is 0.667. The molecule has 3 nitrogen and oxygen atoms in total. The van der Waals surface area contributed by atoms with Crippen LogP contribution in [0.3, 0.4) is 0 Å². The molecule has 1 aliphatic heterocycles. The molecule has 0 amide bonds. The summed E-state index contributed by atoms with van der Waals surface area (Å²) in [5.74, 6) is 0.879. The number of rotatable bonds is 7. The average Bonchev–Trinajstić information content (AvgIpc) is 2.52. The zero-order valence-corrected chi connectivity index (χ0v) is 13.6. The van der Waals surface area contributed by atoms with Crippen molar-refractivity contribution in [2.45, 2.75) is 46.0 Å². The van der Waals surface area contributed by atoms with Crippen molar-refractivity contribution in [3.63, 3.8) is 0 Å². The van der Waals surface area contributed by atoms with Crippen molar-refractivity contribution in [2.75, 3.05) is 32.0 Å². The number of hydrogen-bond acceptors (Lipinski definition) is 3. The van der Waals surface area contributed by atoms with Crippen molar-refractivity contribution in [1.29, 1.82) is 0 Å². The molecular formula is C18H30N2O. The molecule has 1 aliphatic rings. The molecule has 2 N–H and O–H groups in total. The van der Waals surface area contributed by atoms with E-state index in [0.717, 1.165) is 31.0 Å². The summed E-state index contributed by atoms with van der Waals surface area (Å²) < 4.78 is 5.75. The molecule has 0 radical (unpaired) electrons. The van der Waals surface area contributed by atoms with Crippen molar-refractivity contribution < 1.29 is 4.74 Å². The van der Waals surface area contributed by atoms with Crippen LogP contribution < -0.4 is 10.5 Å². The second-order valence-electron chi connectivity index (χ2n) is 6.32. The summed E-state index contributed by atoms with van der Waals surface area (Å²) in [5, 5.41) is 0. The Bertz CT molecular complexity index is 419. The zero-order chi connectivity index (χ0) is 15.1. The van der Waals surface area contributed by atoms with Crippen molar-refractivity contribution >= 4 is 5.69 Å². The smallest absolute Gasteiger partial charge is 0.121 e. The van der Waals surface area contributed by atoms with E-state index in [9.17, 15) is 0 Å². The second-order valence-corrected chi connectivity index (χ2v) is 6.32. The molecule has 1 heterocycles. The molecule has 0 atom stereocenters. The molecule has 3 heteroatoms. The summed E-state index contributed by atoms with van der Waals surface area (Å²) in [6.07, 6.45) is 6.46. The first kappa shape index (κ1) is 16.2. The molecule has 0 spiro atoms. The summed E-state index contributed by atoms with van der Waals surface area (Å²) in [6, 6.07) is 7.67. The minimum absolute atomic E-state index is 0.620. The van der Waals surface area contributed by atoms with E-state index < -0.39 is 0 Å². The molecule has 0 aromatic heterocycles. The Balaban J connectivity index is 1.64. The SMILES string of the molecule is CCC1(CC)CCN(CCCOc2cccc(N)c2)CC1. The monoisotopic (exact) mass is 290 g/mol. The van der Waals surface area contributed by atoms with E-state index in [1.165, 1.54) is 38.8 Å². The van der Waals surface area contributed by atoms with Gasteiger partial charge < -0.3 is 15.4 Å². The van der Waals surface area contributed by atoms with Gasteiger partial charge in [-0.3, -0.25) is 0 Å². The lowest BCUT2D eigenvalue weighted by atomic mass is 9.74. The third kappa shape index (κ3) is 4.63. The van der Waals surface area contributed by atoms with Crippen LogP contribution >= 0.6 is 0 Å². The Morgan fingerprint density at radius 1 is 1.19 bits per heavy atom. The van der Waals surface area contributed by atoms with Gasteiger partial charge >= 0.3 is 0 Å². The van der Waals surface area contributed by atoms with Crippen LogP contribution in [0.4, 0.5) is 5.69 Å². The largest absolute Gasteiger partial charge is 0.493 e. The predicted octanol–water partition coefficient (Wildman–Crippen LogP) is 3.94. The summed E-state index contributed by atoms with van der Waals surface area (Å²) >= 11 is 0. The molecule has 1 aromatic carbocycles. The van der Waals surface area contributed by atoms with E-state index in [2.05, 4.69) is 18.7 Å². The van der Waals surface area contributed by atoms with Gasteiger partial charge in [0.2, 0.25) is 0 Å². The number of anilines is 1. The molecule has 0 aliphatic carbocycles. The lowest BCUT2D eigenvalue weighted by Gasteiger charge is -2.41. The lowest BCUT2D eigenvalue weighted by Crippen LogP contribution is -2.40. The highest BCUT2D eigenvalue weighted by atomic mass is 16.5. The van der Waals surface area contributed by atoms with Crippen LogP contribution in [0.25, 0.3) is 0 Å². The Morgan fingerprint density at radius 2 is 1.90 bits per heavy atom. The summed E-state index contributed by atoms with van der Waals surface area (Å²) in [4.78, 5) is 2.59. The van der Waals surface area contributed by atoms with Gasteiger partial charge in [-0.2, -0.15) is 0 Å². The van der Waals surface area contributed by atoms with Gasteiger partial charge in [-0.05, 0) is 49.9 Å². The summed E-state index contributed by atoms with van der Waals surface area (Å²) in [5.41, 5.74) is 7.13. The normalized spacial score (nSPS) is 18.6. The second kappa shape index (κ2) is 7.69. The maximum Gasteiger partial charge on any atom is 0.121 e.